The number of carboxylic acid groups (broad SMARTS) is 1. The maximum absolute atomic E-state index is 13.3. The Balaban J connectivity index is 0.000000380. The Morgan fingerprint density at radius 2 is 1.63 bits per heavy atom. The Kier molecular flexibility index (Phi) is 5.95. The van der Waals surface area contributed by atoms with E-state index in [0.717, 1.165) is 12.1 Å². The summed E-state index contributed by atoms with van der Waals surface area (Å²) in [6.45, 7) is 5.01. The normalized spacial score (nSPS) is 10.6. The van der Waals surface area contributed by atoms with Crippen LogP contribution in [0.4, 0.5) is 8.78 Å². The largest absolute Gasteiger partial charge is 0.508 e. The van der Waals surface area contributed by atoms with Crippen LogP contribution in [0.15, 0.2) is 42.5 Å². The molecule has 2 aromatic carbocycles. The van der Waals surface area contributed by atoms with Crippen molar-refractivity contribution in [1.29, 1.82) is 0 Å². The molecule has 1 aromatic heterocycles. The predicted octanol–water partition coefficient (Wildman–Crippen LogP) is 4.35. The molecule has 3 rings (SSSR count). The number of aromatic nitrogens is 1. The Morgan fingerprint density at radius 3 is 2.19 bits per heavy atom. The molecule has 0 radical (unpaired) electrons. The van der Waals surface area contributed by atoms with Gasteiger partial charge in [0, 0.05) is 16.6 Å². The molecule has 0 saturated carbocycles. The summed E-state index contributed by atoms with van der Waals surface area (Å²) in [5.41, 5.74) is 1.30. The van der Waals surface area contributed by atoms with Gasteiger partial charge in [-0.05, 0) is 49.4 Å². The van der Waals surface area contributed by atoms with Gasteiger partial charge in [0.25, 0.3) is 5.91 Å². The third-order valence-corrected chi connectivity index (χ3v) is 3.83. The van der Waals surface area contributed by atoms with Gasteiger partial charge in [-0.25, -0.2) is 8.78 Å². The number of aryl methyl sites for hydroxylation is 1. The Hall–Kier alpha value is -3.22. The first-order valence-electron chi connectivity index (χ1n) is 8.15. The molecule has 0 amide bonds. The van der Waals surface area contributed by atoms with E-state index in [0.29, 0.717) is 16.6 Å². The summed E-state index contributed by atoms with van der Waals surface area (Å²) >= 11 is 0. The van der Waals surface area contributed by atoms with E-state index < -0.39 is 23.5 Å². The second-order valence-electron chi connectivity index (χ2n) is 6.29. The molecule has 27 heavy (non-hydrogen) atoms. The summed E-state index contributed by atoms with van der Waals surface area (Å²) < 4.78 is 27.6. The quantitative estimate of drug-likeness (QED) is 0.698. The van der Waals surface area contributed by atoms with Crippen LogP contribution in [0.1, 0.15) is 29.9 Å². The highest BCUT2D eigenvalue weighted by molar-refractivity contribution is 6.03. The third-order valence-electron chi connectivity index (χ3n) is 3.83. The lowest BCUT2D eigenvalue weighted by atomic mass is 10.2. The molecule has 0 saturated heterocycles. The number of fused-ring (bicyclic) bond motifs is 1. The van der Waals surface area contributed by atoms with Gasteiger partial charge in [-0.2, -0.15) is 0 Å². The van der Waals surface area contributed by atoms with E-state index in [-0.39, 0.29) is 17.2 Å². The third kappa shape index (κ3) is 4.49. The van der Waals surface area contributed by atoms with Gasteiger partial charge in [0.1, 0.15) is 5.75 Å². The molecule has 142 valence electrons. The highest BCUT2D eigenvalue weighted by Crippen LogP contribution is 2.25. The van der Waals surface area contributed by atoms with Crippen LogP contribution in [-0.2, 0) is 4.79 Å². The lowest BCUT2D eigenvalue weighted by molar-refractivity contribution is -0.140. The average molecular weight is 375 g/mol. The van der Waals surface area contributed by atoms with Crippen LogP contribution in [0, 0.1) is 24.5 Å². The molecule has 7 heteroatoms. The van der Waals surface area contributed by atoms with Gasteiger partial charge >= 0.3 is 5.97 Å². The van der Waals surface area contributed by atoms with Crippen molar-refractivity contribution in [3.8, 4) is 5.75 Å². The zero-order valence-corrected chi connectivity index (χ0v) is 15.0. The van der Waals surface area contributed by atoms with E-state index >= 15 is 0 Å². The van der Waals surface area contributed by atoms with Crippen molar-refractivity contribution in [1.82, 2.24) is 4.57 Å². The van der Waals surface area contributed by atoms with Gasteiger partial charge in [-0.1, -0.05) is 13.8 Å². The second kappa shape index (κ2) is 7.99. The number of phenolic OH excluding ortho intramolecular Hbond substituents is 1. The highest BCUT2D eigenvalue weighted by atomic mass is 19.2. The van der Waals surface area contributed by atoms with Crippen molar-refractivity contribution >= 4 is 22.8 Å². The molecule has 5 nitrogen and oxygen atoms in total. The molecular formula is C20H19F2NO4. The molecule has 0 aliphatic rings. The first kappa shape index (κ1) is 20.1. The number of benzene rings is 2. The minimum Gasteiger partial charge on any atom is -0.508 e. The number of carbonyl (C=O) groups excluding carboxylic acids is 1. The first-order valence-corrected chi connectivity index (χ1v) is 8.15. The van der Waals surface area contributed by atoms with Crippen molar-refractivity contribution < 1.29 is 28.6 Å². The standard InChI is InChI=1S/C16H11F2NO2.C4H8O2/c1-9-6-11-7-12(20)3-5-15(11)19(9)16(21)10-2-4-13(17)14(18)8-10;1-3(2)4(5)6/h2-8,20H,1H3;3H,1-2H3,(H,5,6). The van der Waals surface area contributed by atoms with E-state index in [2.05, 4.69) is 0 Å². The number of rotatable bonds is 2. The molecule has 1 heterocycles. The number of aromatic hydroxyl groups is 1. The highest BCUT2D eigenvalue weighted by Gasteiger charge is 2.16. The molecule has 0 aliphatic heterocycles. The van der Waals surface area contributed by atoms with E-state index in [9.17, 15) is 23.5 Å². The van der Waals surface area contributed by atoms with E-state index in [4.69, 9.17) is 5.11 Å². The molecular weight excluding hydrogens is 356 g/mol. The monoisotopic (exact) mass is 375 g/mol. The van der Waals surface area contributed by atoms with E-state index in [1.807, 2.05) is 0 Å². The molecule has 0 aliphatic carbocycles. The Morgan fingerprint density at radius 1 is 1.00 bits per heavy atom. The van der Waals surface area contributed by atoms with Crippen LogP contribution in [-0.4, -0.2) is 26.7 Å². The fourth-order valence-electron chi connectivity index (χ4n) is 2.37. The summed E-state index contributed by atoms with van der Waals surface area (Å²) in [5.74, 6) is -3.38. The summed E-state index contributed by atoms with van der Waals surface area (Å²) in [6, 6.07) is 9.40. The van der Waals surface area contributed by atoms with Crippen LogP contribution >= 0.6 is 0 Å². The minimum absolute atomic E-state index is 0.0579. The van der Waals surface area contributed by atoms with Crippen molar-refractivity contribution in [3.05, 3.63) is 65.4 Å². The number of hydrogen-bond donors (Lipinski definition) is 2. The number of carbonyl (C=O) groups is 2. The summed E-state index contributed by atoms with van der Waals surface area (Å²) in [5, 5.41) is 18.2. The lowest BCUT2D eigenvalue weighted by Crippen LogP contribution is -2.13. The van der Waals surface area contributed by atoms with Gasteiger partial charge in [0.15, 0.2) is 11.6 Å². The molecule has 3 aromatic rings. The topological polar surface area (TPSA) is 79.5 Å². The summed E-state index contributed by atoms with van der Waals surface area (Å²) in [4.78, 5) is 22.2. The number of nitrogens with zero attached hydrogens (tertiary/aromatic N) is 1. The number of phenols is 1. The van der Waals surface area contributed by atoms with Crippen LogP contribution in [0.5, 0.6) is 5.75 Å². The van der Waals surface area contributed by atoms with Gasteiger partial charge in [0.05, 0.1) is 11.4 Å². The van der Waals surface area contributed by atoms with Crippen LogP contribution < -0.4 is 0 Å². The summed E-state index contributed by atoms with van der Waals surface area (Å²) in [7, 11) is 0. The number of carboxylic acids is 1. The van der Waals surface area contributed by atoms with E-state index in [1.165, 1.54) is 22.8 Å². The molecule has 0 spiro atoms. The van der Waals surface area contributed by atoms with Crippen LogP contribution in [0.25, 0.3) is 10.9 Å². The number of hydrogen-bond acceptors (Lipinski definition) is 3. The van der Waals surface area contributed by atoms with Crippen molar-refractivity contribution in [2.45, 2.75) is 20.8 Å². The van der Waals surface area contributed by atoms with Crippen molar-refractivity contribution in [2.75, 3.05) is 0 Å². The molecule has 0 unspecified atom stereocenters. The average Bonchev–Trinajstić information content (AvgIpc) is 2.92. The van der Waals surface area contributed by atoms with Crippen molar-refractivity contribution in [3.63, 3.8) is 0 Å². The Labute approximate surface area is 154 Å². The zero-order valence-electron chi connectivity index (χ0n) is 15.0. The molecule has 2 N–H and O–H groups in total. The fraction of sp³-hybridized carbons (Fsp3) is 0.200. The van der Waals surface area contributed by atoms with Crippen LogP contribution in [0.2, 0.25) is 0 Å². The smallest absolute Gasteiger partial charge is 0.305 e. The SMILES string of the molecule is CC(C)C(=O)O.Cc1cc2cc(O)ccc2n1C(=O)c1ccc(F)c(F)c1. The molecule has 0 atom stereocenters. The van der Waals surface area contributed by atoms with Crippen LogP contribution in [0.3, 0.4) is 0 Å². The van der Waals surface area contributed by atoms with Crippen molar-refractivity contribution in [2.24, 2.45) is 5.92 Å². The maximum Gasteiger partial charge on any atom is 0.305 e. The van der Waals surface area contributed by atoms with Gasteiger partial charge in [-0.15, -0.1) is 0 Å². The Bertz CT molecular complexity index is 1010. The summed E-state index contributed by atoms with van der Waals surface area (Å²) in [6.07, 6.45) is 0. The second-order valence-corrected chi connectivity index (χ2v) is 6.29. The maximum atomic E-state index is 13.3. The minimum atomic E-state index is -1.06. The number of halogens is 2. The van der Waals surface area contributed by atoms with Gasteiger partial charge < -0.3 is 10.2 Å². The van der Waals surface area contributed by atoms with Gasteiger partial charge in [-0.3, -0.25) is 14.2 Å². The van der Waals surface area contributed by atoms with E-state index in [1.54, 1.807) is 32.9 Å². The fourth-order valence-corrected chi connectivity index (χ4v) is 2.37. The lowest BCUT2D eigenvalue weighted by Gasteiger charge is -2.07. The first-order chi connectivity index (χ1) is 12.6. The molecule has 0 fully saturated rings. The zero-order chi connectivity index (χ0) is 20.3. The predicted molar refractivity (Wildman–Crippen MR) is 96.9 cm³/mol. The number of aliphatic carboxylic acids is 1. The molecule has 0 bridgehead atoms. The van der Waals surface area contributed by atoms with Gasteiger partial charge in [0.2, 0.25) is 0 Å².